The van der Waals surface area contributed by atoms with E-state index in [9.17, 15) is 4.55 Å². The van der Waals surface area contributed by atoms with Gasteiger partial charge in [-0.3, -0.25) is 0 Å². The smallest absolute Gasteiger partial charge is 0.150 e. The summed E-state index contributed by atoms with van der Waals surface area (Å²) in [5.41, 5.74) is 9.42. The van der Waals surface area contributed by atoms with Gasteiger partial charge >= 0.3 is 0 Å². The highest BCUT2D eigenvalue weighted by Crippen LogP contribution is 2.53. The van der Waals surface area contributed by atoms with Gasteiger partial charge in [-0.05, 0) is 64.2 Å². The zero-order valence-corrected chi connectivity index (χ0v) is 24.0. The number of benzene rings is 1. The number of aryl methyl sites for hydroxylation is 1. The summed E-state index contributed by atoms with van der Waals surface area (Å²) >= 11 is 6.60. The van der Waals surface area contributed by atoms with Gasteiger partial charge in [-0.15, -0.1) is 4.72 Å². The molecule has 1 aromatic carbocycles. The number of nitrogens with zero attached hydrogens (tertiary/aromatic N) is 4. The number of hydrogen-bond acceptors (Lipinski definition) is 8. The molecule has 1 aliphatic carbocycles. The molecule has 0 radical (unpaired) electrons. The molecule has 0 unspecified atom stereocenters. The highest BCUT2D eigenvalue weighted by Gasteiger charge is 2.50. The first-order valence-corrected chi connectivity index (χ1v) is 14.8. The largest absolute Gasteiger partial charge is 0.598 e. The summed E-state index contributed by atoms with van der Waals surface area (Å²) in [7, 11) is 0. The lowest BCUT2D eigenvalue weighted by Gasteiger charge is -2.44. The van der Waals surface area contributed by atoms with Crippen LogP contribution in [-0.4, -0.2) is 37.3 Å². The molecule has 0 amide bonds. The number of fused-ring (bicyclic) bond motifs is 1. The number of anilines is 2. The van der Waals surface area contributed by atoms with E-state index in [1.807, 2.05) is 33.8 Å². The highest BCUT2D eigenvalue weighted by molar-refractivity contribution is 7.99. The van der Waals surface area contributed by atoms with E-state index in [1.165, 1.54) is 22.9 Å². The summed E-state index contributed by atoms with van der Waals surface area (Å²) in [6.07, 6.45) is 6.43. The molecule has 1 fully saturated rings. The van der Waals surface area contributed by atoms with Crippen molar-refractivity contribution in [1.29, 1.82) is 0 Å². The molecule has 7 nitrogen and oxygen atoms in total. The number of pyridine rings is 1. The molecule has 37 heavy (non-hydrogen) atoms. The molecule has 3 N–H and O–H groups in total. The fraction of sp³-hybridized carbons (Fsp3) is 0.444. The van der Waals surface area contributed by atoms with Crippen LogP contribution < -0.4 is 15.4 Å². The minimum Gasteiger partial charge on any atom is -0.598 e. The van der Waals surface area contributed by atoms with Gasteiger partial charge in [0, 0.05) is 41.0 Å². The third kappa shape index (κ3) is 5.29. The van der Waals surface area contributed by atoms with Gasteiger partial charge in [0.1, 0.15) is 21.4 Å². The van der Waals surface area contributed by atoms with Crippen LogP contribution in [0.5, 0.6) is 0 Å². The molecule has 1 aliphatic heterocycles. The molecule has 2 aliphatic rings. The van der Waals surface area contributed by atoms with Gasteiger partial charge in [-0.2, -0.15) is 0 Å². The van der Waals surface area contributed by atoms with Gasteiger partial charge < -0.3 is 15.2 Å². The second-order valence-electron chi connectivity index (χ2n) is 10.9. The first-order valence-electron chi connectivity index (χ1n) is 12.5. The van der Waals surface area contributed by atoms with Crippen LogP contribution in [0, 0.1) is 12.3 Å². The monoisotopic (exact) mass is 556 g/mol. The van der Waals surface area contributed by atoms with Gasteiger partial charge in [0.05, 0.1) is 23.0 Å². The molecule has 3 heterocycles. The maximum atomic E-state index is 13.1. The Labute approximate surface area is 231 Å². The lowest BCUT2D eigenvalue weighted by Crippen LogP contribution is -2.50. The van der Waals surface area contributed by atoms with Crippen LogP contribution in [0.2, 0.25) is 5.02 Å². The number of nitrogen functional groups attached to an aromatic ring is 1. The van der Waals surface area contributed by atoms with Gasteiger partial charge in [0.15, 0.2) is 0 Å². The predicted octanol–water partition coefficient (Wildman–Crippen LogP) is 5.50. The zero-order chi connectivity index (χ0) is 26.4. The van der Waals surface area contributed by atoms with Crippen molar-refractivity contribution in [2.45, 2.75) is 67.7 Å². The molecule has 3 aromatic rings. The number of piperidine rings is 1. The van der Waals surface area contributed by atoms with E-state index in [1.54, 1.807) is 12.4 Å². The van der Waals surface area contributed by atoms with E-state index in [2.05, 4.69) is 38.9 Å². The maximum Gasteiger partial charge on any atom is 0.150 e. The quantitative estimate of drug-likeness (QED) is 0.397. The van der Waals surface area contributed by atoms with E-state index in [0.29, 0.717) is 10.8 Å². The normalized spacial score (nSPS) is 19.7. The molecule has 2 aromatic heterocycles. The Morgan fingerprint density at radius 2 is 1.92 bits per heavy atom. The van der Waals surface area contributed by atoms with Crippen molar-refractivity contribution in [2.24, 2.45) is 5.41 Å². The molecule has 5 rings (SSSR count). The molecular weight excluding hydrogens is 524 g/mol. The average Bonchev–Trinajstić information content (AvgIpc) is 3.15. The van der Waals surface area contributed by atoms with Crippen molar-refractivity contribution in [3.05, 3.63) is 64.6 Å². The van der Waals surface area contributed by atoms with Gasteiger partial charge in [-0.25, -0.2) is 15.0 Å². The second-order valence-corrected chi connectivity index (χ2v) is 14.3. The standard InChI is InChI=1S/C27H33ClN6OS2/c1-17-25(31-16-21(32-17)36-20-9-12-30-24(29)22(20)28)34-13-10-27(11-14-34)15-18-7-5-6-8-19(18)23(27)33-37(35)26(2,3)4/h5-9,12,16,23,33H,10-11,13-15H2,1-4H3,(H2,29,30)/t23-,37-/m1/s1. The minimum atomic E-state index is -1.14. The number of hydrogen-bond donors (Lipinski definition) is 2. The Morgan fingerprint density at radius 3 is 2.62 bits per heavy atom. The van der Waals surface area contributed by atoms with Crippen LogP contribution in [-0.2, 0) is 17.8 Å². The van der Waals surface area contributed by atoms with E-state index >= 15 is 0 Å². The summed E-state index contributed by atoms with van der Waals surface area (Å²) in [5, 5.41) is 1.20. The first-order chi connectivity index (χ1) is 17.6. The van der Waals surface area contributed by atoms with Crippen LogP contribution in [0.25, 0.3) is 0 Å². The summed E-state index contributed by atoms with van der Waals surface area (Å²) in [6.45, 7) is 9.82. The van der Waals surface area contributed by atoms with Crippen LogP contribution in [0.4, 0.5) is 11.6 Å². The van der Waals surface area contributed by atoms with Crippen LogP contribution in [0.3, 0.4) is 0 Å². The lowest BCUT2D eigenvalue weighted by molar-refractivity contribution is 0.176. The van der Waals surface area contributed by atoms with Crippen molar-refractivity contribution >= 4 is 46.4 Å². The Balaban J connectivity index is 1.32. The van der Waals surface area contributed by atoms with Gasteiger partial charge in [-0.1, -0.05) is 47.6 Å². The van der Waals surface area contributed by atoms with Crippen LogP contribution >= 0.6 is 23.4 Å². The van der Waals surface area contributed by atoms with Crippen molar-refractivity contribution in [1.82, 2.24) is 19.7 Å². The van der Waals surface area contributed by atoms with Crippen molar-refractivity contribution < 1.29 is 4.55 Å². The third-order valence-corrected chi connectivity index (χ3v) is 10.4. The van der Waals surface area contributed by atoms with Crippen molar-refractivity contribution in [2.75, 3.05) is 23.7 Å². The fourth-order valence-corrected chi connectivity index (χ4v) is 7.34. The highest BCUT2D eigenvalue weighted by atomic mass is 35.5. The van der Waals surface area contributed by atoms with E-state index in [0.717, 1.165) is 53.8 Å². The average molecular weight is 557 g/mol. The van der Waals surface area contributed by atoms with Crippen LogP contribution in [0.15, 0.2) is 52.6 Å². The van der Waals surface area contributed by atoms with Crippen molar-refractivity contribution in [3.63, 3.8) is 0 Å². The topological polar surface area (TPSA) is 103 Å². The number of nitrogens with one attached hydrogen (secondary N) is 1. The SMILES string of the molecule is Cc1nc(Sc2ccnc(N)c2Cl)cnc1N1CCC2(CC1)Cc1ccccc1[C@H]2N[S@+]([O-])C(C)(C)C. The molecule has 0 saturated carbocycles. The minimum absolute atomic E-state index is 0.0379. The van der Waals surface area contributed by atoms with Gasteiger partial charge in [0.25, 0.3) is 0 Å². The summed E-state index contributed by atoms with van der Waals surface area (Å²) in [5.74, 6) is 1.22. The van der Waals surface area contributed by atoms with E-state index < -0.39 is 11.4 Å². The first kappa shape index (κ1) is 26.6. The van der Waals surface area contributed by atoms with Crippen molar-refractivity contribution in [3.8, 4) is 0 Å². The number of rotatable bonds is 5. The molecule has 10 heteroatoms. The Bertz CT molecular complexity index is 1290. The fourth-order valence-electron chi connectivity index (χ4n) is 5.34. The summed E-state index contributed by atoms with van der Waals surface area (Å²) < 4.78 is 16.4. The molecule has 1 saturated heterocycles. The van der Waals surface area contributed by atoms with Crippen LogP contribution in [0.1, 0.15) is 56.5 Å². The molecule has 196 valence electrons. The zero-order valence-electron chi connectivity index (χ0n) is 21.6. The predicted molar refractivity (Wildman–Crippen MR) is 152 cm³/mol. The maximum absolute atomic E-state index is 13.1. The number of nitrogens with two attached hydrogens (primary N) is 1. The number of aromatic nitrogens is 3. The Morgan fingerprint density at radius 1 is 1.19 bits per heavy atom. The molecule has 2 atom stereocenters. The Hall–Kier alpha value is -2.04. The lowest BCUT2D eigenvalue weighted by atomic mass is 9.73. The summed E-state index contributed by atoms with van der Waals surface area (Å²) in [6, 6.07) is 10.5. The molecule has 0 bridgehead atoms. The van der Waals surface area contributed by atoms with E-state index in [-0.39, 0.29) is 16.2 Å². The van der Waals surface area contributed by atoms with Gasteiger partial charge in [0.2, 0.25) is 0 Å². The number of halogens is 1. The molecule has 1 spiro atoms. The Kier molecular flexibility index (Phi) is 7.37. The second kappa shape index (κ2) is 10.3. The van der Waals surface area contributed by atoms with E-state index in [4.69, 9.17) is 27.3 Å². The third-order valence-electron chi connectivity index (χ3n) is 7.35. The summed E-state index contributed by atoms with van der Waals surface area (Å²) in [4.78, 5) is 16.8. The molecular formula is C27H33ClN6OS2.